The molecular weight excluding hydrogens is 464 g/mol. The molecule has 8 heteroatoms. The molecule has 0 unspecified atom stereocenters. The van der Waals surface area contributed by atoms with Gasteiger partial charge >= 0.3 is 0 Å². The van der Waals surface area contributed by atoms with E-state index in [1.165, 1.54) is 6.07 Å². The molecule has 0 bridgehead atoms. The van der Waals surface area contributed by atoms with Crippen LogP contribution in [0.2, 0.25) is 0 Å². The van der Waals surface area contributed by atoms with Crippen molar-refractivity contribution in [1.29, 1.82) is 0 Å². The van der Waals surface area contributed by atoms with Gasteiger partial charge < -0.3 is 14.2 Å². The minimum atomic E-state index is -3.22. The molecule has 186 valence electrons. The number of aryl methyl sites for hydroxylation is 2. The predicted molar refractivity (Wildman–Crippen MR) is 139 cm³/mol. The van der Waals surface area contributed by atoms with Crippen molar-refractivity contribution >= 4 is 32.4 Å². The van der Waals surface area contributed by atoms with Crippen molar-refractivity contribution in [2.75, 3.05) is 29.5 Å². The lowest BCUT2D eigenvalue weighted by Gasteiger charge is -2.28. The molecule has 7 nitrogen and oxygen atoms in total. The molecule has 1 amide bonds. The molecule has 0 radical (unpaired) electrons. The number of nitrogens with zero attached hydrogens (tertiary/aromatic N) is 2. The van der Waals surface area contributed by atoms with E-state index in [1.54, 1.807) is 11.0 Å². The molecule has 1 saturated heterocycles. The predicted octanol–water partition coefficient (Wildman–Crippen LogP) is 4.09. The summed E-state index contributed by atoms with van der Waals surface area (Å²) in [5.74, 6) is -0.594. The number of fused-ring (bicyclic) bond motifs is 1. The number of sulfone groups is 1. The van der Waals surface area contributed by atoms with Gasteiger partial charge in [-0.3, -0.25) is 9.59 Å². The summed E-state index contributed by atoms with van der Waals surface area (Å²) in [4.78, 5) is 30.3. The van der Waals surface area contributed by atoms with Gasteiger partial charge in [0.25, 0.3) is 5.91 Å². The Morgan fingerprint density at radius 1 is 1.06 bits per heavy atom. The van der Waals surface area contributed by atoms with Gasteiger partial charge in [-0.1, -0.05) is 18.2 Å². The summed E-state index contributed by atoms with van der Waals surface area (Å²) in [5, 5.41) is 0.453. The van der Waals surface area contributed by atoms with E-state index in [0.717, 1.165) is 35.5 Å². The van der Waals surface area contributed by atoms with Gasteiger partial charge in [0.2, 0.25) is 0 Å². The minimum Gasteiger partial charge on any atom is -0.451 e. The van der Waals surface area contributed by atoms with Crippen molar-refractivity contribution in [3.8, 4) is 0 Å². The van der Waals surface area contributed by atoms with Crippen LogP contribution in [0, 0.1) is 13.8 Å². The van der Waals surface area contributed by atoms with Crippen molar-refractivity contribution in [2.45, 2.75) is 46.7 Å². The van der Waals surface area contributed by atoms with Crippen LogP contribution in [0.4, 0.5) is 5.69 Å². The Morgan fingerprint density at radius 2 is 1.74 bits per heavy atom. The summed E-state index contributed by atoms with van der Waals surface area (Å²) in [6.45, 7) is 9.94. The molecule has 1 atom stereocenters. The Morgan fingerprint density at radius 3 is 2.34 bits per heavy atom. The van der Waals surface area contributed by atoms with Crippen LogP contribution in [0.5, 0.6) is 0 Å². The number of carbonyl (C=O) groups excluding carboxylic acids is 1. The van der Waals surface area contributed by atoms with Gasteiger partial charge in [0.1, 0.15) is 5.58 Å². The summed E-state index contributed by atoms with van der Waals surface area (Å²) < 4.78 is 30.4. The van der Waals surface area contributed by atoms with Gasteiger partial charge in [0.05, 0.1) is 16.9 Å². The van der Waals surface area contributed by atoms with Crippen molar-refractivity contribution in [2.24, 2.45) is 0 Å². The summed E-state index contributed by atoms with van der Waals surface area (Å²) in [7, 11) is -3.22. The molecule has 4 rings (SSSR count). The summed E-state index contributed by atoms with van der Waals surface area (Å²) in [6.07, 6.45) is 0.363. The van der Waals surface area contributed by atoms with Crippen LogP contribution < -0.4 is 10.3 Å². The van der Waals surface area contributed by atoms with Crippen molar-refractivity contribution < 1.29 is 17.6 Å². The molecule has 1 aromatic heterocycles. The van der Waals surface area contributed by atoms with Gasteiger partial charge in [-0.25, -0.2) is 8.42 Å². The molecule has 1 aliphatic heterocycles. The first-order chi connectivity index (χ1) is 16.6. The monoisotopic (exact) mass is 496 g/mol. The molecular formula is C27H32N2O5S. The van der Waals surface area contributed by atoms with Gasteiger partial charge in [0.15, 0.2) is 21.0 Å². The van der Waals surface area contributed by atoms with Gasteiger partial charge in [-0.05, 0) is 69.0 Å². The third-order valence-electron chi connectivity index (χ3n) is 6.71. The van der Waals surface area contributed by atoms with E-state index in [0.29, 0.717) is 17.4 Å². The summed E-state index contributed by atoms with van der Waals surface area (Å²) >= 11 is 0. The zero-order chi connectivity index (χ0) is 25.3. The second kappa shape index (κ2) is 9.85. The maximum atomic E-state index is 13.7. The van der Waals surface area contributed by atoms with Crippen LogP contribution in [0.15, 0.2) is 51.7 Å². The highest BCUT2D eigenvalue weighted by molar-refractivity contribution is 7.91. The highest BCUT2D eigenvalue weighted by Gasteiger charge is 2.36. The topological polar surface area (TPSA) is 87.9 Å². The third-order valence-corrected chi connectivity index (χ3v) is 8.46. The lowest BCUT2D eigenvalue weighted by molar-refractivity contribution is 0.0648. The molecule has 35 heavy (non-hydrogen) atoms. The number of benzene rings is 2. The number of anilines is 1. The molecule has 3 aromatic rings. The molecule has 0 aliphatic carbocycles. The number of carbonyl (C=O) groups is 1. The van der Waals surface area contributed by atoms with Crippen LogP contribution in [0.3, 0.4) is 0 Å². The fourth-order valence-electron chi connectivity index (χ4n) is 4.90. The van der Waals surface area contributed by atoms with Crippen molar-refractivity contribution in [3.05, 3.63) is 75.1 Å². The normalized spacial score (nSPS) is 17.0. The van der Waals surface area contributed by atoms with E-state index in [9.17, 15) is 18.0 Å². The average molecular weight is 497 g/mol. The highest BCUT2D eigenvalue weighted by Crippen LogP contribution is 2.25. The van der Waals surface area contributed by atoms with Crippen molar-refractivity contribution in [3.63, 3.8) is 0 Å². The number of hydrogen-bond acceptors (Lipinski definition) is 6. The van der Waals surface area contributed by atoms with Gasteiger partial charge in [-0.15, -0.1) is 0 Å². The molecule has 2 aromatic carbocycles. The summed E-state index contributed by atoms with van der Waals surface area (Å²) in [6, 6.07) is 12.3. The van der Waals surface area contributed by atoms with E-state index in [4.69, 9.17) is 4.42 Å². The maximum absolute atomic E-state index is 13.7. The lowest BCUT2D eigenvalue weighted by Crippen LogP contribution is -2.41. The highest BCUT2D eigenvalue weighted by atomic mass is 32.2. The second-order valence-electron chi connectivity index (χ2n) is 9.26. The van der Waals surface area contributed by atoms with E-state index >= 15 is 0 Å². The molecule has 1 fully saturated rings. The number of rotatable bonds is 7. The third kappa shape index (κ3) is 5.27. The van der Waals surface area contributed by atoms with E-state index < -0.39 is 21.8 Å². The Hall–Kier alpha value is -3.13. The quantitative estimate of drug-likeness (QED) is 0.490. The fourth-order valence-corrected chi connectivity index (χ4v) is 6.63. The SMILES string of the molecule is CCN(CC)c1ccc(CN(C(=O)c2cc(=O)c3c(C)cc(C)cc3o2)[C@H]2CCS(=O)(=O)C2)cc1. The second-order valence-corrected chi connectivity index (χ2v) is 11.5. The first kappa shape index (κ1) is 25.0. The standard InChI is InChI=1S/C27H32N2O5S/c1-5-28(6-2)21-9-7-20(8-10-21)16-29(22-11-12-35(32,33)17-22)27(31)25-15-23(30)26-19(4)13-18(3)14-24(26)34-25/h7-10,13-15,22H,5-6,11-12,16-17H2,1-4H3/t22-/m0/s1. The van der Waals surface area contributed by atoms with E-state index in [1.807, 2.05) is 44.2 Å². The minimum absolute atomic E-state index is 0.0441. The molecule has 0 spiro atoms. The number of hydrogen-bond donors (Lipinski definition) is 0. The first-order valence-corrected chi connectivity index (χ1v) is 13.8. The molecule has 0 saturated carbocycles. The van der Waals surface area contributed by atoms with Gasteiger partial charge in [0, 0.05) is 37.4 Å². The zero-order valence-electron chi connectivity index (χ0n) is 20.7. The molecule has 0 N–H and O–H groups in total. The van der Waals surface area contributed by atoms with E-state index in [-0.39, 0.29) is 29.2 Å². The zero-order valence-corrected chi connectivity index (χ0v) is 21.5. The Kier molecular flexibility index (Phi) is 7.03. The van der Waals surface area contributed by atoms with Crippen LogP contribution in [-0.2, 0) is 16.4 Å². The Labute approximate surface area is 206 Å². The van der Waals surface area contributed by atoms with Crippen LogP contribution in [-0.4, -0.2) is 49.9 Å². The van der Waals surface area contributed by atoms with Crippen LogP contribution >= 0.6 is 0 Å². The van der Waals surface area contributed by atoms with E-state index in [2.05, 4.69) is 18.7 Å². The fraction of sp³-hybridized carbons (Fsp3) is 0.407. The van der Waals surface area contributed by atoms with Crippen LogP contribution in [0.1, 0.15) is 47.5 Å². The average Bonchev–Trinajstić information content (AvgIpc) is 3.17. The Balaban J connectivity index is 1.71. The number of amides is 1. The summed E-state index contributed by atoms with van der Waals surface area (Å²) in [5.41, 5.74) is 3.77. The molecule has 1 aliphatic rings. The molecule has 2 heterocycles. The maximum Gasteiger partial charge on any atom is 0.290 e. The van der Waals surface area contributed by atoms with Crippen LogP contribution in [0.25, 0.3) is 11.0 Å². The Bertz CT molecular complexity index is 1410. The van der Waals surface area contributed by atoms with Crippen molar-refractivity contribution in [1.82, 2.24) is 4.90 Å². The first-order valence-electron chi connectivity index (χ1n) is 12.0. The van der Waals surface area contributed by atoms with Gasteiger partial charge in [-0.2, -0.15) is 0 Å². The lowest BCUT2D eigenvalue weighted by atomic mass is 10.1. The largest absolute Gasteiger partial charge is 0.451 e. The smallest absolute Gasteiger partial charge is 0.290 e.